The predicted molar refractivity (Wildman–Crippen MR) is 32.4 cm³/mol. The van der Waals surface area contributed by atoms with E-state index in [-0.39, 0.29) is 22.9 Å². The molecule has 0 rings (SSSR count). The molecule has 0 aromatic heterocycles. The molecule has 0 saturated heterocycles. The lowest BCUT2D eigenvalue weighted by Gasteiger charge is -2.04. The summed E-state index contributed by atoms with van der Waals surface area (Å²) in [6, 6.07) is 0. The molecule has 0 unspecified atom stereocenters. The van der Waals surface area contributed by atoms with E-state index >= 15 is 0 Å². The van der Waals surface area contributed by atoms with E-state index in [0.29, 0.717) is 5.12 Å². The van der Waals surface area contributed by atoms with E-state index in [1.165, 1.54) is 0 Å². The first-order valence-electron chi connectivity index (χ1n) is 1.28. The van der Waals surface area contributed by atoms with Gasteiger partial charge in [0.05, 0.1) is 0 Å². The normalized spacial score (nSPS) is 6.57. The number of nitrogens with two attached hydrogens (primary N) is 3. The SMILES string of the molecule is Br.N=C(N)N(N)N. The summed E-state index contributed by atoms with van der Waals surface area (Å²) in [7, 11) is 0. The fourth-order valence-electron chi connectivity index (χ4n) is 0. The van der Waals surface area contributed by atoms with Crippen molar-refractivity contribution in [3.05, 3.63) is 0 Å². The first kappa shape index (κ1) is 9.83. The summed E-state index contributed by atoms with van der Waals surface area (Å²) < 4.78 is 0. The molecule has 0 aliphatic heterocycles. The van der Waals surface area contributed by atoms with Crippen molar-refractivity contribution in [3.8, 4) is 0 Å². The number of rotatable bonds is 0. The summed E-state index contributed by atoms with van der Waals surface area (Å²) in [6.07, 6.45) is 0. The van der Waals surface area contributed by atoms with Crippen molar-refractivity contribution in [3.63, 3.8) is 0 Å². The lowest BCUT2D eigenvalue weighted by molar-refractivity contribution is 0.456. The minimum absolute atomic E-state index is 0. The zero-order chi connectivity index (χ0) is 5.15. The molecule has 0 fully saturated rings. The molecule has 7 heavy (non-hydrogen) atoms. The van der Waals surface area contributed by atoms with Crippen molar-refractivity contribution < 1.29 is 0 Å². The van der Waals surface area contributed by atoms with Gasteiger partial charge in [-0.25, -0.2) is 16.8 Å². The first-order valence-corrected chi connectivity index (χ1v) is 1.28. The molecule has 0 aliphatic carbocycles. The Bertz CT molecular complexity index is 59.1. The van der Waals surface area contributed by atoms with Crippen LogP contribution in [-0.2, 0) is 0 Å². The van der Waals surface area contributed by atoms with E-state index in [9.17, 15) is 0 Å². The molecule has 0 aliphatic rings. The number of hydrogen-bond acceptors (Lipinski definition) is 3. The molecule has 44 valence electrons. The quantitative estimate of drug-likeness (QED) is 0.154. The van der Waals surface area contributed by atoms with Crippen LogP contribution in [0, 0.1) is 5.41 Å². The van der Waals surface area contributed by atoms with Gasteiger partial charge >= 0.3 is 0 Å². The van der Waals surface area contributed by atoms with Gasteiger partial charge in [0.25, 0.3) is 0 Å². The van der Waals surface area contributed by atoms with E-state index in [0.717, 1.165) is 0 Å². The minimum Gasteiger partial charge on any atom is -0.368 e. The monoisotopic (exact) mass is 169 g/mol. The van der Waals surface area contributed by atoms with Gasteiger partial charge in [-0.15, -0.1) is 17.0 Å². The first-order chi connectivity index (χ1) is 2.64. The van der Waals surface area contributed by atoms with Crippen molar-refractivity contribution in [2.75, 3.05) is 0 Å². The Morgan fingerprint density at radius 1 is 1.43 bits per heavy atom. The second-order valence-electron chi connectivity index (χ2n) is 0.793. The molecule has 0 bridgehead atoms. The zero-order valence-corrected chi connectivity index (χ0v) is 5.30. The van der Waals surface area contributed by atoms with Gasteiger partial charge in [0.2, 0.25) is 5.96 Å². The summed E-state index contributed by atoms with van der Waals surface area (Å²) in [5, 5.41) is 6.93. The maximum Gasteiger partial charge on any atom is 0.218 e. The maximum absolute atomic E-state index is 6.40. The Kier molecular flexibility index (Phi) is 5.40. The zero-order valence-electron chi connectivity index (χ0n) is 3.59. The molecule has 6 heteroatoms. The number of nitrogens with one attached hydrogen (secondary N) is 1. The van der Waals surface area contributed by atoms with Crippen LogP contribution in [0.25, 0.3) is 0 Å². The fraction of sp³-hybridized carbons (Fsp3) is 0. The topological polar surface area (TPSA) is 105 Å². The van der Waals surface area contributed by atoms with Crippen LogP contribution < -0.4 is 17.4 Å². The van der Waals surface area contributed by atoms with Gasteiger partial charge in [-0.1, -0.05) is 0 Å². The van der Waals surface area contributed by atoms with Crippen LogP contribution in [0.3, 0.4) is 0 Å². The number of nitrogens with zero attached hydrogens (tertiary/aromatic N) is 1. The summed E-state index contributed by atoms with van der Waals surface area (Å²) in [5.74, 6) is 9.04. The number of guanidine groups is 1. The fourth-order valence-corrected chi connectivity index (χ4v) is 0. The lowest BCUT2D eigenvalue weighted by atomic mass is 11.1. The molecule has 0 heterocycles. The molecule has 0 radical (unpaired) electrons. The average Bonchev–Trinajstić information content (AvgIpc) is 1.36. The molecule has 7 N–H and O–H groups in total. The van der Waals surface area contributed by atoms with Gasteiger partial charge < -0.3 is 5.73 Å². The van der Waals surface area contributed by atoms with Gasteiger partial charge in [-0.2, -0.15) is 0 Å². The van der Waals surface area contributed by atoms with Crippen LogP contribution in [0.4, 0.5) is 0 Å². The van der Waals surface area contributed by atoms with Crippen LogP contribution >= 0.6 is 17.0 Å². The molecular weight excluding hydrogens is 162 g/mol. The van der Waals surface area contributed by atoms with Crippen LogP contribution in [-0.4, -0.2) is 11.1 Å². The highest BCUT2D eigenvalue weighted by atomic mass is 79.9. The predicted octanol–water partition coefficient (Wildman–Crippen LogP) is -1.49. The van der Waals surface area contributed by atoms with E-state index in [1.54, 1.807) is 0 Å². The maximum atomic E-state index is 6.40. The highest BCUT2D eigenvalue weighted by Crippen LogP contribution is 1.48. The van der Waals surface area contributed by atoms with Crippen molar-refractivity contribution in [2.45, 2.75) is 0 Å². The molecule has 0 amide bonds. The average molecular weight is 170 g/mol. The summed E-state index contributed by atoms with van der Waals surface area (Å²) in [4.78, 5) is 0. The van der Waals surface area contributed by atoms with Crippen molar-refractivity contribution in [2.24, 2.45) is 17.4 Å². The van der Waals surface area contributed by atoms with Crippen LogP contribution in [0.1, 0.15) is 0 Å². The molecule has 5 nitrogen and oxygen atoms in total. The number of hydrazine groups is 2. The Balaban J connectivity index is 0. The summed E-state index contributed by atoms with van der Waals surface area (Å²) in [6.45, 7) is 0. The molecule has 0 saturated carbocycles. The minimum atomic E-state index is -0.352. The third kappa shape index (κ3) is 5.67. The van der Waals surface area contributed by atoms with Gasteiger partial charge in [-0.3, -0.25) is 5.41 Å². The van der Waals surface area contributed by atoms with Crippen molar-refractivity contribution in [1.29, 1.82) is 5.41 Å². The van der Waals surface area contributed by atoms with E-state index in [1.807, 2.05) is 0 Å². The Morgan fingerprint density at radius 3 is 1.57 bits per heavy atom. The van der Waals surface area contributed by atoms with Crippen LogP contribution in [0.15, 0.2) is 0 Å². The standard InChI is InChI=1S/CH7N5.BrH/c2-1(3)6(4)5;/h4-5H2,(H3,2,3);1H. The number of halogens is 1. The Hall–Kier alpha value is -0.330. The van der Waals surface area contributed by atoms with E-state index in [4.69, 9.17) is 22.8 Å². The Labute approximate surface area is 51.7 Å². The molecule has 0 aromatic carbocycles. The number of hydrogen-bond donors (Lipinski definition) is 4. The molecule has 0 atom stereocenters. The molecule has 0 spiro atoms. The van der Waals surface area contributed by atoms with Crippen LogP contribution in [0.5, 0.6) is 0 Å². The van der Waals surface area contributed by atoms with Gasteiger partial charge in [-0.05, 0) is 0 Å². The summed E-state index contributed by atoms with van der Waals surface area (Å²) in [5.41, 5.74) is 4.69. The highest BCUT2D eigenvalue weighted by molar-refractivity contribution is 8.93. The van der Waals surface area contributed by atoms with Gasteiger partial charge in [0.15, 0.2) is 0 Å². The summed E-state index contributed by atoms with van der Waals surface area (Å²) >= 11 is 0. The second kappa shape index (κ2) is 3.85. The molecule has 0 aromatic rings. The smallest absolute Gasteiger partial charge is 0.218 e. The van der Waals surface area contributed by atoms with Gasteiger partial charge in [0.1, 0.15) is 0 Å². The third-order valence-corrected chi connectivity index (χ3v) is 0.278. The van der Waals surface area contributed by atoms with Gasteiger partial charge in [0, 0.05) is 0 Å². The Morgan fingerprint density at radius 2 is 1.57 bits per heavy atom. The van der Waals surface area contributed by atoms with Crippen LogP contribution in [0.2, 0.25) is 0 Å². The molecular formula is CH8BrN5. The van der Waals surface area contributed by atoms with Crippen molar-refractivity contribution >= 4 is 22.9 Å². The van der Waals surface area contributed by atoms with Crippen molar-refractivity contribution in [1.82, 2.24) is 5.12 Å². The third-order valence-electron chi connectivity index (χ3n) is 0.278. The van der Waals surface area contributed by atoms with E-state index < -0.39 is 0 Å². The second-order valence-corrected chi connectivity index (χ2v) is 0.793. The largest absolute Gasteiger partial charge is 0.368 e. The lowest BCUT2D eigenvalue weighted by Crippen LogP contribution is -2.47. The highest BCUT2D eigenvalue weighted by Gasteiger charge is 1.84. The van der Waals surface area contributed by atoms with E-state index in [2.05, 4.69) is 0 Å².